The second kappa shape index (κ2) is 9.42. The van der Waals surface area contributed by atoms with Crippen molar-refractivity contribution >= 4 is 42.1 Å². The Morgan fingerprint density at radius 1 is 1.42 bits per heavy atom. The largest absolute Gasteiger partial charge is 0.458 e. The van der Waals surface area contributed by atoms with Crippen molar-refractivity contribution < 1.29 is 9.21 Å². The predicted octanol–water partition coefficient (Wildman–Crippen LogP) is 3.69. The highest BCUT2D eigenvalue weighted by Crippen LogP contribution is 2.27. The number of amides is 1. The van der Waals surface area contributed by atoms with Gasteiger partial charge >= 0.3 is 0 Å². The van der Waals surface area contributed by atoms with Crippen LogP contribution in [0.4, 0.5) is 0 Å². The number of nitrogens with two attached hydrogens (primary N) is 1. The van der Waals surface area contributed by atoms with E-state index < -0.39 is 0 Å². The summed E-state index contributed by atoms with van der Waals surface area (Å²) in [5, 5.41) is 5.89. The summed E-state index contributed by atoms with van der Waals surface area (Å²) in [4.78, 5) is 16.4. The Labute approximate surface area is 158 Å². The number of furan rings is 1. The van der Waals surface area contributed by atoms with E-state index in [0.29, 0.717) is 18.9 Å². The van der Waals surface area contributed by atoms with Crippen LogP contribution in [0.1, 0.15) is 36.5 Å². The molecule has 134 valence electrons. The Bertz CT molecular complexity index is 659. The number of carbonyl (C=O) groups excluding carboxylic acids is 1. The fraction of sp³-hybridized carbons (Fsp3) is 0.500. The van der Waals surface area contributed by atoms with Crippen molar-refractivity contribution in [1.82, 2.24) is 10.3 Å². The summed E-state index contributed by atoms with van der Waals surface area (Å²) >= 11 is 1.59. The van der Waals surface area contributed by atoms with E-state index in [1.54, 1.807) is 11.3 Å². The van der Waals surface area contributed by atoms with Gasteiger partial charge in [-0.1, -0.05) is 6.42 Å². The lowest BCUT2D eigenvalue weighted by Crippen LogP contribution is -2.31. The van der Waals surface area contributed by atoms with Gasteiger partial charge in [0.25, 0.3) is 0 Å². The molecule has 24 heavy (non-hydrogen) atoms. The number of nitrogens with zero attached hydrogens (tertiary/aromatic N) is 1. The van der Waals surface area contributed by atoms with E-state index in [-0.39, 0.29) is 36.8 Å². The lowest BCUT2D eigenvalue weighted by atomic mass is 10.00. The number of rotatable bonds is 5. The normalized spacial score (nSPS) is 19.4. The van der Waals surface area contributed by atoms with Crippen molar-refractivity contribution in [3.8, 4) is 11.5 Å². The molecule has 2 aromatic rings. The molecule has 2 aromatic heterocycles. The minimum Gasteiger partial charge on any atom is -0.458 e. The smallest absolute Gasteiger partial charge is 0.220 e. The van der Waals surface area contributed by atoms with Gasteiger partial charge < -0.3 is 15.5 Å². The Morgan fingerprint density at radius 2 is 2.21 bits per heavy atom. The van der Waals surface area contributed by atoms with Crippen LogP contribution in [0.3, 0.4) is 0 Å². The van der Waals surface area contributed by atoms with Crippen LogP contribution in [0, 0.1) is 12.8 Å². The topological polar surface area (TPSA) is 81.2 Å². The maximum Gasteiger partial charge on any atom is 0.220 e. The van der Waals surface area contributed by atoms with Crippen molar-refractivity contribution in [3.05, 3.63) is 28.3 Å². The van der Waals surface area contributed by atoms with Crippen LogP contribution in [-0.4, -0.2) is 16.9 Å². The highest BCUT2D eigenvalue weighted by molar-refractivity contribution is 7.09. The maximum absolute atomic E-state index is 12.0. The molecule has 0 radical (unpaired) electrons. The minimum absolute atomic E-state index is 0. The summed E-state index contributed by atoms with van der Waals surface area (Å²) in [6.07, 6.45) is 3.74. The van der Waals surface area contributed by atoms with Gasteiger partial charge in [-0.25, -0.2) is 4.98 Å². The van der Waals surface area contributed by atoms with Crippen molar-refractivity contribution in [2.24, 2.45) is 11.7 Å². The fourth-order valence-electron chi connectivity index (χ4n) is 2.90. The average molecular weight is 392 g/mol. The second-order valence-corrected chi connectivity index (χ2v) is 6.92. The number of halogens is 2. The fourth-order valence-corrected chi connectivity index (χ4v) is 3.50. The zero-order chi connectivity index (χ0) is 15.5. The van der Waals surface area contributed by atoms with Gasteiger partial charge in [-0.15, -0.1) is 36.2 Å². The Hall–Kier alpha value is -1.08. The van der Waals surface area contributed by atoms with Crippen LogP contribution in [0.2, 0.25) is 0 Å². The molecule has 2 heterocycles. The molecule has 0 bridgehead atoms. The molecule has 3 rings (SSSR count). The number of thiazole rings is 1. The van der Waals surface area contributed by atoms with Crippen molar-refractivity contribution in [2.45, 2.75) is 45.2 Å². The van der Waals surface area contributed by atoms with E-state index in [1.165, 1.54) is 0 Å². The number of nitrogens with one attached hydrogen (secondary N) is 1. The molecule has 1 aliphatic rings. The zero-order valence-electron chi connectivity index (χ0n) is 13.5. The Morgan fingerprint density at radius 3 is 2.83 bits per heavy atom. The van der Waals surface area contributed by atoms with E-state index >= 15 is 0 Å². The van der Waals surface area contributed by atoms with Crippen molar-refractivity contribution in [3.63, 3.8) is 0 Å². The van der Waals surface area contributed by atoms with Gasteiger partial charge in [-0.05, 0) is 37.8 Å². The number of aromatic nitrogens is 1. The molecule has 0 unspecified atom stereocenters. The van der Waals surface area contributed by atoms with E-state index in [1.807, 2.05) is 24.4 Å². The molecule has 5 nitrogen and oxygen atoms in total. The summed E-state index contributed by atoms with van der Waals surface area (Å²) in [6.45, 7) is 2.37. The van der Waals surface area contributed by atoms with Gasteiger partial charge in [0.2, 0.25) is 5.91 Å². The van der Waals surface area contributed by atoms with Crippen LogP contribution in [0.25, 0.3) is 11.5 Å². The molecular weight excluding hydrogens is 369 g/mol. The molecule has 1 saturated carbocycles. The van der Waals surface area contributed by atoms with Gasteiger partial charge in [0.1, 0.15) is 11.5 Å². The van der Waals surface area contributed by atoms with E-state index in [4.69, 9.17) is 10.2 Å². The van der Waals surface area contributed by atoms with Crippen LogP contribution in [-0.2, 0) is 11.3 Å². The lowest BCUT2D eigenvalue weighted by Gasteiger charge is -2.14. The molecule has 8 heteroatoms. The van der Waals surface area contributed by atoms with Crippen molar-refractivity contribution in [1.29, 1.82) is 0 Å². The molecule has 1 aliphatic carbocycles. The Kier molecular flexibility index (Phi) is 8.22. The zero-order valence-corrected chi connectivity index (χ0v) is 15.9. The van der Waals surface area contributed by atoms with Crippen LogP contribution in [0.5, 0.6) is 0 Å². The lowest BCUT2D eigenvalue weighted by molar-refractivity contribution is -0.122. The molecule has 0 saturated heterocycles. The summed E-state index contributed by atoms with van der Waals surface area (Å²) in [5.74, 6) is 1.85. The first-order valence-corrected chi connectivity index (χ1v) is 8.53. The maximum atomic E-state index is 12.0. The van der Waals surface area contributed by atoms with Crippen molar-refractivity contribution in [2.75, 3.05) is 0 Å². The van der Waals surface area contributed by atoms with Gasteiger partial charge in [0.05, 0.1) is 11.6 Å². The monoisotopic (exact) mass is 391 g/mol. The standard InChI is InChI=1S/C16H21N3O2S.2ClH/c1-10-19-14(9-22-10)15-6-5-12(21-15)8-18-16(20)7-11-3-2-4-13(11)17;;/h5-6,9,11,13H,2-4,7-8,17H2,1H3,(H,18,20);2*1H/t11-,13+;;/m0../s1. The number of aryl methyl sites for hydroxylation is 1. The quantitative estimate of drug-likeness (QED) is 0.813. The third kappa shape index (κ3) is 5.21. The number of hydrogen-bond acceptors (Lipinski definition) is 5. The number of carbonyl (C=O) groups is 1. The molecule has 2 atom stereocenters. The second-order valence-electron chi connectivity index (χ2n) is 5.85. The SMILES string of the molecule is Cc1nc(-c2ccc(CNC(=O)C[C@@H]3CCC[C@H]3N)o2)cs1.Cl.Cl. The highest BCUT2D eigenvalue weighted by Gasteiger charge is 2.25. The molecule has 1 amide bonds. The summed E-state index contributed by atoms with van der Waals surface area (Å²) < 4.78 is 5.73. The first-order valence-electron chi connectivity index (χ1n) is 7.65. The van der Waals surface area contributed by atoms with Gasteiger partial charge in [0.15, 0.2) is 5.76 Å². The third-order valence-corrected chi connectivity index (χ3v) is 4.93. The van der Waals surface area contributed by atoms with Crippen LogP contribution in [0.15, 0.2) is 21.9 Å². The molecule has 0 aliphatic heterocycles. The first kappa shape index (κ1) is 21.0. The average Bonchev–Trinajstić information content (AvgIpc) is 3.19. The van der Waals surface area contributed by atoms with Gasteiger partial charge in [-0.3, -0.25) is 4.79 Å². The van der Waals surface area contributed by atoms with E-state index in [2.05, 4.69) is 10.3 Å². The molecule has 3 N–H and O–H groups in total. The third-order valence-electron chi connectivity index (χ3n) is 4.16. The minimum atomic E-state index is 0. The first-order chi connectivity index (χ1) is 10.6. The molecule has 0 aromatic carbocycles. The summed E-state index contributed by atoms with van der Waals surface area (Å²) in [6, 6.07) is 3.95. The summed E-state index contributed by atoms with van der Waals surface area (Å²) in [7, 11) is 0. The highest BCUT2D eigenvalue weighted by atomic mass is 35.5. The summed E-state index contributed by atoms with van der Waals surface area (Å²) in [5.41, 5.74) is 6.84. The van der Waals surface area contributed by atoms with Crippen LogP contribution >= 0.6 is 36.2 Å². The molecular formula is C16H23Cl2N3O2S. The molecule has 0 spiro atoms. The van der Waals surface area contributed by atoms with E-state index in [0.717, 1.165) is 41.5 Å². The van der Waals surface area contributed by atoms with Gasteiger partial charge in [-0.2, -0.15) is 0 Å². The van der Waals surface area contributed by atoms with Crippen LogP contribution < -0.4 is 11.1 Å². The van der Waals surface area contributed by atoms with Gasteiger partial charge in [0, 0.05) is 17.8 Å². The number of hydrogen-bond donors (Lipinski definition) is 2. The molecule has 1 fully saturated rings. The van der Waals surface area contributed by atoms with E-state index in [9.17, 15) is 4.79 Å². The Balaban J connectivity index is 0.00000144. The predicted molar refractivity (Wildman–Crippen MR) is 101 cm³/mol.